The van der Waals surface area contributed by atoms with Gasteiger partial charge in [-0.05, 0) is 24.3 Å². The molecule has 206 valence electrons. The van der Waals surface area contributed by atoms with E-state index in [0.29, 0.717) is 24.3 Å². The fourth-order valence-corrected chi connectivity index (χ4v) is 2.04. The number of carboxylic acids is 1. The van der Waals surface area contributed by atoms with E-state index in [2.05, 4.69) is 4.74 Å². The van der Waals surface area contributed by atoms with Crippen LogP contribution in [-0.4, -0.2) is 52.8 Å². The number of alkyl halides is 15. The summed E-state index contributed by atoms with van der Waals surface area (Å²) < 4.78 is 226. The molecule has 0 aliphatic carbocycles. The van der Waals surface area contributed by atoms with Crippen LogP contribution in [0.3, 0.4) is 0 Å². The van der Waals surface area contributed by atoms with Gasteiger partial charge in [-0.3, -0.25) is 0 Å². The minimum absolute atomic E-state index is 0.328. The van der Waals surface area contributed by atoms with Crippen molar-refractivity contribution >= 4 is 5.97 Å². The number of allylic oxidation sites excluding steroid dienone is 1. The highest BCUT2D eigenvalue weighted by Crippen LogP contribution is 2.63. The van der Waals surface area contributed by atoms with Crippen LogP contribution in [-0.2, 0) is 0 Å². The van der Waals surface area contributed by atoms with Crippen molar-refractivity contribution in [1.82, 2.24) is 0 Å². The third-order valence-electron chi connectivity index (χ3n) is 4.08. The first-order chi connectivity index (χ1) is 15.7. The molecule has 0 saturated heterocycles. The highest BCUT2D eigenvalue weighted by atomic mass is 19.4. The van der Waals surface area contributed by atoms with Crippen LogP contribution in [0.2, 0.25) is 0 Å². The van der Waals surface area contributed by atoms with Crippen molar-refractivity contribution in [2.45, 2.75) is 41.7 Å². The van der Waals surface area contributed by atoms with Gasteiger partial charge in [0.05, 0.1) is 5.56 Å². The molecule has 0 heterocycles. The van der Waals surface area contributed by atoms with E-state index >= 15 is 0 Å². The van der Waals surface area contributed by atoms with E-state index in [-0.39, 0.29) is 0 Å². The zero-order chi connectivity index (χ0) is 28.9. The number of benzene rings is 1. The summed E-state index contributed by atoms with van der Waals surface area (Å²) in [6.45, 7) is 0. The minimum Gasteiger partial charge on any atom is -0.478 e. The molecule has 1 N–H and O–H groups in total. The summed E-state index contributed by atoms with van der Waals surface area (Å²) in [6.07, 6.45) is -7.81. The summed E-state index contributed by atoms with van der Waals surface area (Å²) in [5.74, 6) is -57.4. The normalized spacial score (nSPS) is 15.5. The summed E-state index contributed by atoms with van der Waals surface area (Å²) in [4.78, 5) is 10.6. The molecule has 3 nitrogen and oxygen atoms in total. The third-order valence-corrected chi connectivity index (χ3v) is 4.08. The topological polar surface area (TPSA) is 46.5 Å². The second kappa shape index (κ2) is 8.86. The second-order valence-electron chi connectivity index (χ2n) is 6.46. The van der Waals surface area contributed by atoms with Crippen molar-refractivity contribution in [3.8, 4) is 5.75 Å². The number of hydrogen-bond donors (Lipinski definition) is 1. The first kappa shape index (κ1) is 31.1. The zero-order valence-electron chi connectivity index (χ0n) is 16.0. The average Bonchev–Trinajstić information content (AvgIpc) is 2.71. The summed E-state index contributed by atoms with van der Waals surface area (Å²) >= 11 is 0. The molecule has 0 atom stereocenters. The molecule has 0 aliphatic heterocycles. The van der Waals surface area contributed by atoms with Crippen molar-refractivity contribution in [2.24, 2.45) is 0 Å². The summed E-state index contributed by atoms with van der Waals surface area (Å²) in [7, 11) is 0. The molecule has 0 aromatic heterocycles. The zero-order valence-corrected chi connectivity index (χ0v) is 16.0. The lowest BCUT2D eigenvalue weighted by Gasteiger charge is -2.41. The van der Waals surface area contributed by atoms with Crippen molar-refractivity contribution in [2.75, 3.05) is 0 Å². The molecular formula is C16H5F17O3. The van der Waals surface area contributed by atoms with E-state index < -0.39 is 70.8 Å². The van der Waals surface area contributed by atoms with Crippen LogP contribution in [0.1, 0.15) is 10.4 Å². The van der Waals surface area contributed by atoms with Gasteiger partial charge in [-0.15, -0.1) is 0 Å². The first-order valence-electron chi connectivity index (χ1n) is 8.12. The molecule has 20 heteroatoms. The average molecular weight is 568 g/mol. The number of carboxylic acid groups (broad SMARTS) is 1. The minimum atomic E-state index is -8.67. The number of halogens is 17. The Hall–Kier alpha value is -2.96. The van der Waals surface area contributed by atoms with Gasteiger partial charge in [-0.2, -0.15) is 74.6 Å². The Balaban J connectivity index is 3.54. The molecule has 0 amide bonds. The van der Waals surface area contributed by atoms with Gasteiger partial charge in [-0.25, -0.2) is 4.79 Å². The highest BCUT2D eigenvalue weighted by Gasteiger charge is 2.93. The molecule has 1 aromatic rings. The summed E-state index contributed by atoms with van der Waals surface area (Å²) in [5.41, 5.74) is -0.623. The molecule has 1 rings (SSSR count). The van der Waals surface area contributed by atoms with E-state index in [4.69, 9.17) is 5.11 Å². The van der Waals surface area contributed by atoms with Crippen LogP contribution in [0.15, 0.2) is 36.1 Å². The quantitative estimate of drug-likeness (QED) is 0.252. The van der Waals surface area contributed by atoms with E-state index in [0.717, 1.165) is 0 Å². The predicted octanol–water partition coefficient (Wildman–Crippen LogP) is 7.25. The van der Waals surface area contributed by atoms with E-state index in [1.807, 2.05) is 0 Å². The second-order valence-corrected chi connectivity index (χ2v) is 6.46. The highest BCUT2D eigenvalue weighted by molar-refractivity contribution is 5.87. The fourth-order valence-electron chi connectivity index (χ4n) is 2.04. The molecule has 0 aliphatic rings. The summed E-state index contributed by atoms with van der Waals surface area (Å²) in [6, 6.07) is -1.99. The Bertz CT molecular complexity index is 1010. The Morgan fingerprint density at radius 1 is 0.611 bits per heavy atom. The van der Waals surface area contributed by atoms with Gasteiger partial charge in [0.15, 0.2) is 0 Å². The molecule has 36 heavy (non-hydrogen) atoms. The van der Waals surface area contributed by atoms with Crippen LogP contribution in [0.5, 0.6) is 5.75 Å². The Labute approximate surface area is 185 Å². The van der Waals surface area contributed by atoms with Crippen molar-refractivity contribution < 1.29 is 89.3 Å². The van der Waals surface area contributed by atoms with Gasteiger partial charge in [0, 0.05) is 0 Å². The van der Waals surface area contributed by atoms with Gasteiger partial charge in [0.1, 0.15) is 5.75 Å². The fraction of sp³-hybridized carbons (Fsp3) is 0.438. The monoisotopic (exact) mass is 568 g/mol. The lowest BCUT2D eigenvalue weighted by molar-refractivity contribution is -0.451. The first-order valence-corrected chi connectivity index (χ1v) is 8.12. The van der Waals surface area contributed by atoms with Crippen LogP contribution in [0.4, 0.5) is 74.6 Å². The molecule has 0 fully saturated rings. The van der Waals surface area contributed by atoms with Crippen LogP contribution >= 0.6 is 0 Å². The molecule has 0 radical (unpaired) electrons. The largest absolute Gasteiger partial charge is 0.478 e. The SMILES string of the molecule is O=C(O)c1ccc(OC(F)=C(F)C(F)(F)C(F)(F)C(F)(F)C(F)(F)C(F)(F)C(F)(F)C(F)(F)F)cc1. The van der Waals surface area contributed by atoms with Gasteiger partial charge in [0.2, 0.25) is 5.83 Å². The number of ether oxygens (including phenoxy) is 1. The summed E-state index contributed by atoms with van der Waals surface area (Å²) in [5, 5.41) is 8.57. The Kier molecular flexibility index (Phi) is 7.64. The standard InChI is InChI=1S/C16H5F17O3/c17-7(8(18)36-6-3-1-5(2-4-6)9(34)35)10(19,20)11(21,22)12(23,24)13(25,26)14(27,28)15(29,30)16(31,32)33/h1-4H,(H,34,35). The molecule has 0 spiro atoms. The number of hydrogen-bond acceptors (Lipinski definition) is 2. The Morgan fingerprint density at radius 3 is 1.33 bits per heavy atom. The van der Waals surface area contributed by atoms with Gasteiger partial charge < -0.3 is 9.84 Å². The lowest BCUT2D eigenvalue weighted by atomic mass is 9.91. The van der Waals surface area contributed by atoms with Crippen molar-refractivity contribution in [3.05, 3.63) is 41.7 Å². The van der Waals surface area contributed by atoms with E-state index in [1.54, 1.807) is 0 Å². The number of carbonyl (C=O) groups is 1. The van der Waals surface area contributed by atoms with Crippen LogP contribution < -0.4 is 4.74 Å². The van der Waals surface area contributed by atoms with Crippen LogP contribution in [0, 0.1) is 0 Å². The maximum Gasteiger partial charge on any atom is 0.460 e. The third kappa shape index (κ3) is 4.48. The maximum atomic E-state index is 13.6. The molecular weight excluding hydrogens is 563 g/mol. The van der Waals surface area contributed by atoms with Crippen LogP contribution in [0.25, 0.3) is 0 Å². The van der Waals surface area contributed by atoms with E-state index in [9.17, 15) is 79.4 Å². The number of rotatable bonds is 9. The van der Waals surface area contributed by atoms with Gasteiger partial charge >= 0.3 is 53.7 Å². The van der Waals surface area contributed by atoms with Crippen molar-refractivity contribution in [3.63, 3.8) is 0 Å². The predicted molar refractivity (Wildman–Crippen MR) is 79.0 cm³/mol. The maximum absolute atomic E-state index is 13.6. The smallest absolute Gasteiger partial charge is 0.460 e. The number of aromatic carboxylic acids is 1. The molecule has 1 aromatic carbocycles. The van der Waals surface area contributed by atoms with Crippen molar-refractivity contribution in [1.29, 1.82) is 0 Å². The Morgan fingerprint density at radius 2 is 0.972 bits per heavy atom. The van der Waals surface area contributed by atoms with E-state index in [1.165, 1.54) is 0 Å². The molecule has 0 bridgehead atoms. The van der Waals surface area contributed by atoms with Gasteiger partial charge in [0.25, 0.3) is 0 Å². The lowest BCUT2D eigenvalue weighted by Crippen LogP contribution is -2.72. The molecule has 0 unspecified atom stereocenters. The molecule has 0 saturated carbocycles. The van der Waals surface area contributed by atoms with Gasteiger partial charge in [-0.1, -0.05) is 0 Å².